The Kier molecular flexibility index (Phi) is 5.81. The van der Waals surface area contributed by atoms with Crippen molar-refractivity contribution in [1.29, 1.82) is 0 Å². The van der Waals surface area contributed by atoms with Gasteiger partial charge < -0.3 is 9.47 Å². The van der Waals surface area contributed by atoms with Crippen LogP contribution in [0, 0.1) is 0 Å². The molecule has 0 radical (unpaired) electrons. The molecule has 0 amide bonds. The van der Waals surface area contributed by atoms with Gasteiger partial charge in [0.2, 0.25) is 0 Å². The highest BCUT2D eigenvalue weighted by atomic mass is 35.5. The zero-order valence-corrected chi connectivity index (χ0v) is 16.7. The number of esters is 1. The second-order valence-electron chi connectivity index (χ2n) is 6.94. The van der Waals surface area contributed by atoms with Gasteiger partial charge in [-0.2, -0.15) is 0 Å². The van der Waals surface area contributed by atoms with E-state index in [1.54, 1.807) is 34.9 Å². The molecule has 0 bridgehead atoms. The molecule has 2 aromatic carbocycles. The molecule has 0 saturated carbocycles. The second kappa shape index (κ2) is 8.66. The lowest BCUT2D eigenvalue weighted by molar-refractivity contribution is 0.0450. The molecular weight excluding hydrogens is 392 g/mol. The van der Waals surface area contributed by atoms with Gasteiger partial charge in [0.1, 0.15) is 24.8 Å². The molecule has 0 saturated heterocycles. The number of aryl methyl sites for hydroxylation is 1. The largest absolute Gasteiger partial charge is 0.488 e. The molecule has 0 atom stereocenters. The van der Waals surface area contributed by atoms with E-state index in [1.165, 1.54) is 0 Å². The summed E-state index contributed by atoms with van der Waals surface area (Å²) in [5, 5.41) is 1.03. The summed E-state index contributed by atoms with van der Waals surface area (Å²) in [7, 11) is 0. The average Bonchev–Trinajstić information content (AvgIpc) is 2.97. The van der Waals surface area contributed by atoms with Crippen LogP contribution in [-0.4, -0.2) is 28.7 Å². The Balaban J connectivity index is 1.45. The summed E-state index contributed by atoms with van der Waals surface area (Å²) >= 11 is 6.02. The number of carbonyl (C=O) groups excluding carboxylic acids is 1. The predicted octanol–water partition coefficient (Wildman–Crippen LogP) is 4.01. The summed E-state index contributed by atoms with van der Waals surface area (Å²) in [5.74, 6) is 0.853. The van der Waals surface area contributed by atoms with Crippen molar-refractivity contribution in [2.45, 2.75) is 32.2 Å². The van der Waals surface area contributed by atoms with Crippen molar-refractivity contribution in [2.24, 2.45) is 0 Å². The van der Waals surface area contributed by atoms with Gasteiger partial charge in [0.15, 0.2) is 0 Å². The van der Waals surface area contributed by atoms with Gasteiger partial charge in [0, 0.05) is 13.0 Å². The number of hydrogen-bond acceptors (Lipinski definition) is 5. The van der Waals surface area contributed by atoms with Crippen molar-refractivity contribution >= 4 is 28.5 Å². The van der Waals surface area contributed by atoms with E-state index in [2.05, 4.69) is 4.98 Å². The molecule has 0 N–H and O–H groups in total. The summed E-state index contributed by atoms with van der Waals surface area (Å²) in [5.41, 5.74) is 0.852. The molecule has 3 aromatic rings. The summed E-state index contributed by atoms with van der Waals surface area (Å²) in [4.78, 5) is 29.8. The smallest absolute Gasteiger partial charge is 0.338 e. The lowest BCUT2D eigenvalue weighted by Crippen LogP contribution is -2.24. The van der Waals surface area contributed by atoms with E-state index in [1.807, 2.05) is 12.1 Å². The lowest BCUT2D eigenvalue weighted by atomic mass is 10.1. The second-order valence-corrected chi connectivity index (χ2v) is 7.35. The van der Waals surface area contributed by atoms with Crippen LogP contribution >= 0.6 is 11.6 Å². The Bertz CT molecular complexity index is 1110. The zero-order chi connectivity index (χ0) is 20.2. The van der Waals surface area contributed by atoms with Gasteiger partial charge in [0.05, 0.1) is 21.5 Å². The molecule has 2 heterocycles. The molecule has 0 aliphatic carbocycles. The van der Waals surface area contributed by atoms with E-state index in [9.17, 15) is 9.59 Å². The third-order valence-corrected chi connectivity index (χ3v) is 5.28. The minimum Gasteiger partial charge on any atom is -0.488 e. The number of aromatic nitrogens is 2. The molecule has 0 fully saturated rings. The number of para-hydroxylation sites is 1. The molecular formula is C22H21ClN2O4. The molecule has 0 unspecified atom stereocenters. The highest BCUT2D eigenvalue weighted by Gasteiger charge is 2.16. The monoisotopic (exact) mass is 412 g/mol. The van der Waals surface area contributed by atoms with Crippen LogP contribution in [0.1, 0.15) is 35.4 Å². The Hall–Kier alpha value is -2.86. The van der Waals surface area contributed by atoms with E-state index in [4.69, 9.17) is 21.1 Å². The van der Waals surface area contributed by atoms with Crippen LogP contribution in [0.3, 0.4) is 0 Å². The first kappa shape index (κ1) is 19.5. The predicted molar refractivity (Wildman–Crippen MR) is 111 cm³/mol. The number of halogens is 1. The average molecular weight is 413 g/mol. The highest BCUT2D eigenvalue weighted by molar-refractivity contribution is 6.32. The number of nitrogens with zero attached hydrogens (tertiary/aromatic N) is 2. The van der Waals surface area contributed by atoms with E-state index in [0.717, 1.165) is 31.5 Å². The van der Waals surface area contributed by atoms with Crippen molar-refractivity contribution in [3.05, 3.63) is 69.2 Å². The Labute approximate surface area is 173 Å². The number of benzene rings is 2. The van der Waals surface area contributed by atoms with Crippen LogP contribution < -0.4 is 10.3 Å². The molecule has 1 aliphatic heterocycles. The van der Waals surface area contributed by atoms with Crippen LogP contribution in [0.25, 0.3) is 10.9 Å². The summed E-state index contributed by atoms with van der Waals surface area (Å²) < 4.78 is 12.6. The molecule has 1 aromatic heterocycles. The lowest BCUT2D eigenvalue weighted by Gasteiger charge is -2.11. The van der Waals surface area contributed by atoms with E-state index in [0.29, 0.717) is 33.8 Å². The van der Waals surface area contributed by atoms with E-state index >= 15 is 0 Å². The maximum absolute atomic E-state index is 12.8. The molecule has 4 rings (SSSR count). The number of hydrogen-bond donors (Lipinski definition) is 0. The van der Waals surface area contributed by atoms with Crippen molar-refractivity contribution in [3.63, 3.8) is 0 Å². The fourth-order valence-electron chi connectivity index (χ4n) is 3.48. The highest BCUT2D eigenvalue weighted by Crippen LogP contribution is 2.23. The number of fused-ring (bicyclic) bond motifs is 2. The van der Waals surface area contributed by atoms with Gasteiger partial charge in [-0.1, -0.05) is 30.2 Å². The Morgan fingerprint density at radius 2 is 1.97 bits per heavy atom. The maximum Gasteiger partial charge on any atom is 0.338 e. The van der Waals surface area contributed by atoms with Gasteiger partial charge in [-0.05, 0) is 43.2 Å². The van der Waals surface area contributed by atoms with Crippen LogP contribution in [0.15, 0.2) is 47.3 Å². The number of carbonyl (C=O) groups is 1. The van der Waals surface area contributed by atoms with Gasteiger partial charge in [-0.15, -0.1) is 0 Å². The summed E-state index contributed by atoms with van der Waals surface area (Å²) in [6.45, 7) is 0.977. The molecule has 6 nitrogen and oxygen atoms in total. The zero-order valence-electron chi connectivity index (χ0n) is 15.9. The summed E-state index contributed by atoms with van der Waals surface area (Å²) in [6, 6.07) is 12.0. The van der Waals surface area contributed by atoms with Crippen molar-refractivity contribution < 1.29 is 14.3 Å². The molecule has 0 spiro atoms. The quantitative estimate of drug-likeness (QED) is 0.467. The minimum atomic E-state index is -0.480. The van der Waals surface area contributed by atoms with Gasteiger partial charge in [0.25, 0.3) is 5.56 Å². The van der Waals surface area contributed by atoms with Crippen molar-refractivity contribution in [1.82, 2.24) is 9.55 Å². The normalized spacial score (nSPS) is 13.6. The first-order chi connectivity index (χ1) is 14.1. The maximum atomic E-state index is 12.8. The minimum absolute atomic E-state index is 0.0417. The first-order valence-electron chi connectivity index (χ1n) is 9.71. The third-order valence-electron chi connectivity index (χ3n) is 4.96. The Morgan fingerprint density at radius 1 is 1.10 bits per heavy atom. The van der Waals surface area contributed by atoms with Crippen LogP contribution in [0.5, 0.6) is 5.75 Å². The SMILES string of the molecule is O=C(OCCOc1ccccc1Cl)c1ccc2c(=O)n3c(nc2c1)CCCCC3. The van der Waals surface area contributed by atoms with Crippen LogP contribution in [0.2, 0.25) is 5.02 Å². The molecule has 1 aliphatic rings. The van der Waals surface area contributed by atoms with Crippen LogP contribution in [-0.2, 0) is 17.7 Å². The van der Waals surface area contributed by atoms with Crippen molar-refractivity contribution in [2.75, 3.05) is 13.2 Å². The fourth-order valence-corrected chi connectivity index (χ4v) is 3.67. The van der Waals surface area contributed by atoms with Gasteiger partial charge >= 0.3 is 5.97 Å². The van der Waals surface area contributed by atoms with Crippen LogP contribution in [0.4, 0.5) is 0 Å². The molecule has 150 valence electrons. The first-order valence-corrected chi connectivity index (χ1v) is 10.1. The van der Waals surface area contributed by atoms with E-state index in [-0.39, 0.29) is 18.8 Å². The van der Waals surface area contributed by atoms with Crippen molar-refractivity contribution in [3.8, 4) is 5.75 Å². The molecule has 7 heteroatoms. The van der Waals surface area contributed by atoms with Gasteiger partial charge in [-0.25, -0.2) is 9.78 Å². The number of ether oxygens (including phenoxy) is 2. The Morgan fingerprint density at radius 3 is 2.83 bits per heavy atom. The topological polar surface area (TPSA) is 70.4 Å². The third kappa shape index (κ3) is 4.27. The summed E-state index contributed by atoms with van der Waals surface area (Å²) in [6.07, 6.45) is 3.87. The van der Waals surface area contributed by atoms with E-state index < -0.39 is 5.97 Å². The molecule has 29 heavy (non-hydrogen) atoms. The standard InChI is InChI=1S/C22H21ClN2O4/c23-17-6-3-4-7-19(17)28-12-13-29-22(27)15-9-10-16-18(14-15)24-20-8-2-1-5-11-25(20)21(16)26/h3-4,6-7,9-10,14H,1-2,5,8,11-13H2. The fraction of sp³-hybridized carbons (Fsp3) is 0.318. The number of rotatable bonds is 5. The van der Waals surface area contributed by atoms with Gasteiger partial charge in [-0.3, -0.25) is 9.36 Å².